The molecule has 42 heavy (non-hydrogen) atoms. The number of nitrogens with zero attached hydrogens (tertiary/aromatic N) is 5. The van der Waals surface area contributed by atoms with Gasteiger partial charge < -0.3 is 10.6 Å². The first-order valence-corrected chi connectivity index (χ1v) is 14.1. The Kier molecular flexibility index (Phi) is 7.63. The fourth-order valence-corrected chi connectivity index (χ4v) is 5.99. The standard InChI is InChI=1S/C29H28ClF2N7O3/c30-18-13-21(25(26(31)32)35-15-18)27(40)36-19-7-5-17(6-8-19)16-38-22-3-1-2-4-23(22)39(29(38)42)20-9-10-33-24(14-20)37-12-11-34-28(37)41/h1-4,9-10,13-15,17,19,26H,5-8,11-12,16H2,(H,34,41)(H,36,40)/t17-,19-. The zero-order valence-electron chi connectivity index (χ0n) is 22.5. The van der Waals surface area contributed by atoms with Crippen LogP contribution in [0.25, 0.3) is 16.7 Å². The predicted molar refractivity (Wildman–Crippen MR) is 153 cm³/mol. The van der Waals surface area contributed by atoms with E-state index in [1.807, 2.05) is 24.3 Å². The number of amides is 3. The topological polar surface area (TPSA) is 114 Å². The first-order chi connectivity index (χ1) is 20.3. The second kappa shape index (κ2) is 11.5. The molecule has 4 heterocycles. The first-order valence-electron chi connectivity index (χ1n) is 13.8. The Labute approximate surface area is 244 Å². The Bertz CT molecular complexity index is 1720. The second-order valence-corrected chi connectivity index (χ2v) is 11.0. The van der Waals surface area contributed by atoms with Gasteiger partial charge in [0.1, 0.15) is 11.5 Å². The molecule has 0 radical (unpaired) electrons. The zero-order chi connectivity index (χ0) is 29.4. The van der Waals surface area contributed by atoms with Gasteiger partial charge in [0, 0.05) is 44.1 Å². The number of hydrogen-bond acceptors (Lipinski definition) is 5. The molecule has 2 fully saturated rings. The van der Waals surface area contributed by atoms with E-state index >= 15 is 0 Å². The minimum atomic E-state index is -2.89. The fourth-order valence-electron chi connectivity index (χ4n) is 5.84. The molecule has 3 aromatic heterocycles. The lowest BCUT2D eigenvalue weighted by molar-refractivity contribution is 0.0904. The van der Waals surface area contributed by atoms with Crippen molar-refractivity contribution in [2.24, 2.45) is 5.92 Å². The number of fused-ring (bicyclic) bond motifs is 1. The van der Waals surface area contributed by atoms with Crippen LogP contribution < -0.4 is 21.2 Å². The summed E-state index contributed by atoms with van der Waals surface area (Å²) in [5.74, 6) is 0.0351. The molecule has 1 saturated carbocycles. The number of imidazole rings is 1. The van der Waals surface area contributed by atoms with Crippen LogP contribution >= 0.6 is 11.6 Å². The molecule has 0 atom stereocenters. The maximum Gasteiger partial charge on any atom is 0.333 e. The van der Waals surface area contributed by atoms with Crippen molar-refractivity contribution < 1.29 is 18.4 Å². The maximum atomic E-state index is 13.8. The number of aromatic nitrogens is 4. The van der Waals surface area contributed by atoms with E-state index in [9.17, 15) is 23.2 Å². The third kappa shape index (κ3) is 5.34. The average Bonchev–Trinajstić information content (AvgIpc) is 3.54. The average molecular weight is 596 g/mol. The van der Waals surface area contributed by atoms with Gasteiger partial charge in [0.2, 0.25) is 0 Å². The number of anilines is 1. The number of pyridine rings is 2. The van der Waals surface area contributed by atoms with Crippen LogP contribution in [-0.4, -0.2) is 50.2 Å². The molecular formula is C29H28ClF2N7O3. The summed E-state index contributed by atoms with van der Waals surface area (Å²) in [4.78, 5) is 48.3. The summed E-state index contributed by atoms with van der Waals surface area (Å²) >= 11 is 5.90. The highest BCUT2D eigenvalue weighted by Gasteiger charge is 2.28. The summed E-state index contributed by atoms with van der Waals surface area (Å²) in [6.07, 6.45) is 2.59. The Hall–Kier alpha value is -4.32. The van der Waals surface area contributed by atoms with Gasteiger partial charge in [0.05, 0.1) is 27.3 Å². The van der Waals surface area contributed by atoms with E-state index in [0.29, 0.717) is 44.0 Å². The molecule has 0 unspecified atom stereocenters. The summed E-state index contributed by atoms with van der Waals surface area (Å²) in [7, 11) is 0. The van der Waals surface area contributed by atoms with Gasteiger partial charge >= 0.3 is 11.7 Å². The summed E-state index contributed by atoms with van der Waals surface area (Å²) in [5.41, 5.74) is 1.15. The van der Waals surface area contributed by atoms with Crippen molar-refractivity contribution in [2.75, 3.05) is 18.0 Å². The SMILES string of the molecule is O=C(N[C@H]1CC[C@H](Cn2c(=O)n(-c3ccnc(N4CCNC4=O)c3)c3ccccc32)CC1)c1cc(Cl)cnc1C(F)F. The molecule has 4 aromatic rings. The molecule has 1 aliphatic carbocycles. The minimum Gasteiger partial charge on any atom is -0.349 e. The van der Waals surface area contributed by atoms with E-state index in [1.165, 1.54) is 6.07 Å². The molecule has 2 N–H and O–H groups in total. The van der Waals surface area contributed by atoms with Crippen LogP contribution in [0.15, 0.2) is 59.7 Å². The van der Waals surface area contributed by atoms with Crippen molar-refractivity contribution in [1.29, 1.82) is 0 Å². The number of halogens is 3. The van der Waals surface area contributed by atoms with E-state index in [-0.39, 0.29) is 34.3 Å². The summed E-state index contributed by atoms with van der Waals surface area (Å²) in [5, 5.41) is 5.73. The quantitative estimate of drug-likeness (QED) is 0.322. The second-order valence-electron chi connectivity index (χ2n) is 10.6. The number of rotatable bonds is 7. The molecule has 13 heteroatoms. The molecule has 1 aromatic carbocycles. The number of nitrogens with one attached hydrogen (secondary N) is 2. The van der Waals surface area contributed by atoms with Gasteiger partial charge in [0.25, 0.3) is 12.3 Å². The normalized spacial score (nSPS) is 19.0. The molecule has 3 amide bonds. The van der Waals surface area contributed by atoms with Crippen LogP contribution in [0.3, 0.4) is 0 Å². The van der Waals surface area contributed by atoms with Crippen LogP contribution in [0, 0.1) is 5.92 Å². The van der Waals surface area contributed by atoms with Gasteiger partial charge in [-0.05, 0) is 55.9 Å². The lowest BCUT2D eigenvalue weighted by atomic mass is 9.85. The summed E-state index contributed by atoms with van der Waals surface area (Å²) < 4.78 is 30.2. The van der Waals surface area contributed by atoms with Crippen LogP contribution in [-0.2, 0) is 6.54 Å². The van der Waals surface area contributed by atoms with Gasteiger partial charge in [-0.1, -0.05) is 23.7 Å². The van der Waals surface area contributed by atoms with Crippen molar-refractivity contribution in [1.82, 2.24) is 29.7 Å². The van der Waals surface area contributed by atoms with Gasteiger partial charge in [-0.15, -0.1) is 0 Å². The van der Waals surface area contributed by atoms with Crippen molar-refractivity contribution in [2.45, 2.75) is 44.7 Å². The summed E-state index contributed by atoms with van der Waals surface area (Å²) in [6.45, 7) is 1.52. The van der Waals surface area contributed by atoms with Crippen molar-refractivity contribution in [3.8, 4) is 5.69 Å². The molecule has 1 aliphatic heterocycles. The highest BCUT2D eigenvalue weighted by atomic mass is 35.5. The van der Waals surface area contributed by atoms with Crippen LogP contribution in [0.1, 0.15) is 48.2 Å². The lowest BCUT2D eigenvalue weighted by Gasteiger charge is -2.29. The molecule has 6 rings (SSSR count). The highest BCUT2D eigenvalue weighted by Crippen LogP contribution is 2.29. The van der Waals surface area contributed by atoms with Crippen LogP contribution in [0.2, 0.25) is 5.02 Å². The lowest BCUT2D eigenvalue weighted by Crippen LogP contribution is -2.39. The number of carbonyl (C=O) groups is 2. The van der Waals surface area contributed by atoms with E-state index < -0.39 is 18.0 Å². The molecule has 1 saturated heterocycles. The fraction of sp³-hybridized carbons (Fsp3) is 0.345. The van der Waals surface area contributed by atoms with Gasteiger partial charge in [0.15, 0.2) is 0 Å². The van der Waals surface area contributed by atoms with E-state index in [4.69, 9.17) is 11.6 Å². The third-order valence-corrected chi connectivity index (χ3v) is 8.12. The monoisotopic (exact) mass is 595 g/mol. The number of benzene rings is 1. The predicted octanol–water partition coefficient (Wildman–Crippen LogP) is 4.69. The molecule has 218 valence electrons. The molecule has 0 bridgehead atoms. The summed E-state index contributed by atoms with van der Waals surface area (Å²) in [6, 6.07) is 11.9. The largest absolute Gasteiger partial charge is 0.349 e. The number of hydrogen-bond donors (Lipinski definition) is 2. The number of para-hydroxylation sites is 2. The zero-order valence-corrected chi connectivity index (χ0v) is 23.2. The third-order valence-electron chi connectivity index (χ3n) is 7.92. The number of alkyl halides is 2. The van der Waals surface area contributed by atoms with Crippen LogP contribution in [0.5, 0.6) is 0 Å². The molecule has 0 spiro atoms. The van der Waals surface area contributed by atoms with Crippen molar-refractivity contribution in [3.05, 3.63) is 81.6 Å². The highest BCUT2D eigenvalue weighted by molar-refractivity contribution is 6.30. The maximum absolute atomic E-state index is 13.8. The van der Waals surface area contributed by atoms with Gasteiger partial charge in [-0.2, -0.15) is 0 Å². The molecular weight excluding hydrogens is 568 g/mol. The number of carbonyl (C=O) groups excluding carboxylic acids is 2. The minimum absolute atomic E-state index is 0.113. The van der Waals surface area contributed by atoms with E-state index in [0.717, 1.165) is 30.1 Å². The van der Waals surface area contributed by atoms with Crippen molar-refractivity contribution in [3.63, 3.8) is 0 Å². The Morgan fingerprint density at radius 1 is 1.07 bits per heavy atom. The van der Waals surface area contributed by atoms with Crippen LogP contribution in [0.4, 0.5) is 19.4 Å². The Morgan fingerprint density at radius 3 is 2.55 bits per heavy atom. The molecule has 2 aliphatic rings. The number of urea groups is 1. The Balaban J connectivity index is 1.18. The van der Waals surface area contributed by atoms with E-state index in [2.05, 4.69) is 20.6 Å². The van der Waals surface area contributed by atoms with Gasteiger partial charge in [-0.25, -0.2) is 23.4 Å². The van der Waals surface area contributed by atoms with Gasteiger partial charge in [-0.3, -0.25) is 23.8 Å². The Morgan fingerprint density at radius 2 is 1.83 bits per heavy atom. The molecule has 10 nitrogen and oxygen atoms in total. The smallest absolute Gasteiger partial charge is 0.333 e. The van der Waals surface area contributed by atoms with E-state index in [1.54, 1.807) is 32.4 Å². The van der Waals surface area contributed by atoms with Crippen molar-refractivity contribution >= 4 is 40.4 Å². The first kappa shape index (κ1) is 27.8.